The van der Waals surface area contributed by atoms with Crippen LogP contribution in [-0.4, -0.2) is 37.5 Å². The first-order chi connectivity index (χ1) is 8.17. The summed E-state index contributed by atoms with van der Waals surface area (Å²) >= 11 is 0. The molecule has 0 saturated carbocycles. The molecule has 4 nitrogen and oxygen atoms in total. The number of methoxy groups -OCH3 is 1. The number of aliphatic hydroxyl groups is 1. The summed E-state index contributed by atoms with van der Waals surface area (Å²) in [4.78, 5) is 2.26. The van der Waals surface area contributed by atoms with Crippen LogP contribution in [0.3, 0.4) is 0 Å². The van der Waals surface area contributed by atoms with Gasteiger partial charge in [-0.05, 0) is 25.0 Å². The van der Waals surface area contributed by atoms with E-state index in [1.165, 1.54) is 0 Å². The number of nitrogens with zero attached hydrogens (tertiary/aromatic N) is 1. The second-order valence-electron chi connectivity index (χ2n) is 4.62. The van der Waals surface area contributed by atoms with Gasteiger partial charge in [0.05, 0.1) is 12.7 Å². The van der Waals surface area contributed by atoms with Crippen molar-refractivity contribution in [1.29, 1.82) is 0 Å². The molecule has 1 aromatic rings. The molecule has 0 aromatic heterocycles. The predicted octanol–water partition coefficient (Wildman–Crippen LogP) is 0.985. The Morgan fingerprint density at radius 2 is 2.12 bits per heavy atom. The Kier molecular flexibility index (Phi) is 3.54. The van der Waals surface area contributed by atoms with Crippen molar-refractivity contribution in [3.05, 3.63) is 24.3 Å². The largest absolute Gasteiger partial charge is 0.497 e. The van der Waals surface area contributed by atoms with Crippen LogP contribution >= 0.6 is 0 Å². The first kappa shape index (κ1) is 12.2. The van der Waals surface area contributed by atoms with Gasteiger partial charge in [0.25, 0.3) is 0 Å². The minimum atomic E-state index is -0.671. The molecule has 17 heavy (non-hydrogen) atoms. The van der Waals surface area contributed by atoms with E-state index >= 15 is 0 Å². The molecule has 2 rings (SSSR count). The first-order valence-corrected chi connectivity index (χ1v) is 5.98. The van der Waals surface area contributed by atoms with Crippen LogP contribution in [0.15, 0.2) is 24.3 Å². The van der Waals surface area contributed by atoms with Crippen molar-refractivity contribution in [2.75, 3.05) is 31.6 Å². The van der Waals surface area contributed by atoms with E-state index in [0.717, 1.165) is 37.4 Å². The van der Waals surface area contributed by atoms with Crippen molar-refractivity contribution in [3.8, 4) is 5.75 Å². The fourth-order valence-corrected chi connectivity index (χ4v) is 2.19. The molecule has 0 amide bonds. The van der Waals surface area contributed by atoms with E-state index in [0.29, 0.717) is 6.54 Å². The molecule has 1 heterocycles. The number of hydrogen-bond donors (Lipinski definition) is 2. The second kappa shape index (κ2) is 4.94. The van der Waals surface area contributed by atoms with E-state index in [1.807, 2.05) is 18.2 Å². The highest BCUT2D eigenvalue weighted by Crippen LogP contribution is 2.27. The maximum atomic E-state index is 10.1. The number of benzene rings is 1. The molecule has 3 N–H and O–H groups in total. The van der Waals surface area contributed by atoms with E-state index < -0.39 is 5.60 Å². The third kappa shape index (κ3) is 2.70. The maximum absolute atomic E-state index is 10.1. The van der Waals surface area contributed by atoms with Gasteiger partial charge in [0.2, 0.25) is 0 Å². The highest BCUT2D eigenvalue weighted by atomic mass is 16.5. The Morgan fingerprint density at radius 1 is 1.41 bits per heavy atom. The second-order valence-corrected chi connectivity index (χ2v) is 4.62. The van der Waals surface area contributed by atoms with Gasteiger partial charge in [-0.3, -0.25) is 0 Å². The normalized spacial score (nSPS) is 19.1. The SMILES string of the molecule is COc1cccc(N2CCC(O)(CN)CC2)c1. The van der Waals surface area contributed by atoms with Gasteiger partial charge in [0.15, 0.2) is 0 Å². The van der Waals surface area contributed by atoms with E-state index in [2.05, 4.69) is 11.0 Å². The predicted molar refractivity (Wildman–Crippen MR) is 68.4 cm³/mol. The number of anilines is 1. The number of piperidine rings is 1. The molecule has 1 saturated heterocycles. The fourth-order valence-electron chi connectivity index (χ4n) is 2.19. The molecule has 0 aliphatic carbocycles. The monoisotopic (exact) mass is 236 g/mol. The van der Waals surface area contributed by atoms with E-state index in [9.17, 15) is 5.11 Å². The maximum Gasteiger partial charge on any atom is 0.120 e. The molecule has 1 aliphatic rings. The van der Waals surface area contributed by atoms with Crippen LogP contribution in [0.4, 0.5) is 5.69 Å². The Balaban J connectivity index is 2.05. The van der Waals surface area contributed by atoms with Crippen LogP contribution in [0.25, 0.3) is 0 Å². The number of ether oxygens (including phenoxy) is 1. The Labute approximate surface area is 102 Å². The summed E-state index contributed by atoms with van der Waals surface area (Å²) in [5.74, 6) is 0.863. The van der Waals surface area contributed by atoms with Crippen LogP contribution in [0.2, 0.25) is 0 Å². The van der Waals surface area contributed by atoms with Gasteiger partial charge < -0.3 is 20.5 Å². The minimum Gasteiger partial charge on any atom is -0.497 e. The van der Waals surface area contributed by atoms with Crippen molar-refractivity contribution in [2.24, 2.45) is 5.73 Å². The average molecular weight is 236 g/mol. The van der Waals surface area contributed by atoms with Crippen LogP contribution in [-0.2, 0) is 0 Å². The molecule has 0 unspecified atom stereocenters. The summed E-state index contributed by atoms with van der Waals surface area (Å²) in [7, 11) is 1.67. The van der Waals surface area contributed by atoms with Crippen LogP contribution in [0.5, 0.6) is 5.75 Å². The fraction of sp³-hybridized carbons (Fsp3) is 0.538. The van der Waals surface area contributed by atoms with Gasteiger partial charge in [0, 0.05) is 31.4 Å². The third-order valence-electron chi connectivity index (χ3n) is 3.49. The van der Waals surface area contributed by atoms with Gasteiger partial charge in [-0.1, -0.05) is 6.07 Å². The quantitative estimate of drug-likeness (QED) is 0.821. The topological polar surface area (TPSA) is 58.7 Å². The molecule has 0 spiro atoms. The molecular formula is C13H20N2O2. The Bertz CT molecular complexity index is 373. The van der Waals surface area contributed by atoms with Gasteiger partial charge >= 0.3 is 0 Å². The lowest BCUT2D eigenvalue weighted by Crippen LogP contribution is -2.48. The van der Waals surface area contributed by atoms with E-state index in [-0.39, 0.29) is 0 Å². The molecule has 94 valence electrons. The first-order valence-electron chi connectivity index (χ1n) is 5.98. The van der Waals surface area contributed by atoms with Gasteiger partial charge in [-0.15, -0.1) is 0 Å². The summed E-state index contributed by atoms with van der Waals surface area (Å²) in [5, 5.41) is 10.1. The molecule has 1 aromatic carbocycles. The van der Waals surface area contributed by atoms with Gasteiger partial charge in [0.1, 0.15) is 5.75 Å². The van der Waals surface area contributed by atoms with Crippen molar-refractivity contribution in [1.82, 2.24) is 0 Å². The zero-order valence-corrected chi connectivity index (χ0v) is 10.2. The summed E-state index contributed by atoms with van der Waals surface area (Å²) in [6.07, 6.45) is 1.45. The zero-order valence-electron chi connectivity index (χ0n) is 10.2. The lowest BCUT2D eigenvalue weighted by Gasteiger charge is -2.38. The van der Waals surface area contributed by atoms with Crippen LogP contribution in [0.1, 0.15) is 12.8 Å². The summed E-state index contributed by atoms with van der Waals surface area (Å²) in [6.45, 7) is 2.01. The molecule has 0 bridgehead atoms. The highest BCUT2D eigenvalue weighted by Gasteiger charge is 2.30. The van der Waals surface area contributed by atoms with Crippen LogP contribution in [0, 0.1) is 0 Å². The lowest BCUT2D eigenvalue weighted by atomic mass is 9.91. The van der Waals surface area contributed by atoms with Crippen LogP contribution < -0.4 is 15.4 Å². The minimum absolute atomic E-state index is 0.346. The van der Waals surface area contributed by atoms with Gasteiger partial charge in [-0.25, -0.2) is 0 Å². The number of nitrogens with two attached hydrogens (primary N) is 1. The summed E-state index contributed by atoms with van der Waals surface area (Å²) in [6, 6.07) is 8.00. The highest BCUT2D eigenvalue weighted by molar-refractivity contribution is 5.51. The van der Waals surface area contributed by atoms with Crippen molar-refractivity contribution in [2.45, 2.75) is 18.4 Å². The molecule has 0 atom stereocenters. The van der Waals surface area contributed by atoms with E-state index in [4.69, 9.17) is 10.5 Å². The Hall–Kier alpha value is -1.26. The van der Waals surface area contributed by atoms with Crippen molar-refractivity contribution >= 4 is 5.69 Å². The van der Waals surface area contributed by atoms with Crippen molar-refractivity contribution < 1.29 is 9.84 Å². The Morgan fingerprint density at radius 3 is 2.71 bits per heavy atom. The smallest absolute Gasteiger partial charge is 0.120 e. The van der Waals surface area contributed by atoms with Gasteiger partial charge in [-0.2, -0.15) is 0 Å². The molecule has 0 radical (unpaired) electrons. The molecule has 1 fully saturated rings. The number of hydrogen-bond acceptors (Lipinski definition) is 4. The average Bonchev–Trinajstić information content (AvgIpc) is 2.40. The molecular weight excluding hydrogens is 216 g/mol. The molecule has 4 heteroatoms. The van der Waals surface area contributed by atoms with Crippen molar-refractivity contribution in [3.63, 3.8) is 0 Å². The standard InChI is InChI=1S/C13H20N2O2/c1-17-12-4-2-3-11(9-12)15-7-5-13(16,10-14)6-8-15/h2-4,9,16H,5-8,10,14H2,1H3. The summed E-state index contributed by atoms with van der Waals surface area (Å²) < 4.78 is 5.21. The third-order valence-corrected chi connectivity index (χ3v) is 3.49. The zero-order chi connectivity index (χ0) is 12.3. The summed E-state index contributed by atoms with van der Waals surface area (Å²) in [5.41, 5.74) is 6.05. The molecule has 1 aliphatic heterocycles. The number of rotatable bonds is 3. The van der Waals surface area contributed by atoms with E-state index in [1.54, 1.807) is 7.11 Å². The lowest BCUT2D eigenvalue weighted by molar-refractivity contribution is 0.0250.